The number of nitrogens with one attached hydrogen (secondary N) is 2. The van der Waals surface area contributed by atoms with Gasteiger partial charge in [-0.1, -0.05) is 12.1 Å². The Morgan fingerprint density at radius 1 is 1.22 bits per heavy atom. The highest BCUT2D eigenvalue weighted by Crippen LogP contribution is 2.35. The number of anilines is 2. The minimum absolute atomic E-state index is 0.128. The molecular formula is C20H24N4O3. The second-order valence-electron chi connectivity index (χ2n) is 7.01. The molecule has 1 aromatic heterocycles. The molecule has 3 heterocycles. The topological polar surface area (TPSA) is 87.3 Å². The zero-order valence-electron chi connectivity index (χ0n) is 15.5. The lowest BCUT2D eigenvalue weighted by molar-refractivity contribution is -0.116. The lowest BCUT2D eigenvalue weighted by atomic mass is 9.87. The van der Waals surface area contributed by atoms with Gasteiger partial charge in [0.15, 0.2) is 0 Å². The van der Waals surface area contributed by atoms with Gasteiger partial charge in [-0.05, 0) is 43.9 Å². The summed E-state index contributed by atoms with van der Waals surface area (Å²) in [6.45, 7) is 4.23. The highest BCUT2D eigenvalue weighted by atomic mass is 16.5. The largest absolute Gasteiger partial charge is 0.494 e. The molecule has 0 bridgehead atoms. The van der Waals surface area contributed by atoms with Crippen LogP contribution in [0.4, 0.5) is 11.8 Å². The summed E-state index contributed by atoms with van der Waals surface area (Å²) in [5.74, 6) is 1.19. The first-order valence-electron chi connectivity index (χ1n) is 9.57. The first kappa shape index (κ1) is 17.6. The van der Waals surface area contributed by atoms with Gasteiger partial charge >= 0.3 is 0 Å². The van der Waals surface area contributed by atoms with Gasteiger partial charge in [0.2, 0.25) is 11.9 Å². The number of hydrogen-bond acceptors (Lipinski definition) is 5. The van der Waals surface area contributed by atoms with Crippen molar-refractivity contribution in [3.8, 4) is 5.75 Å². The molecule has 1 unspecified atom stereocenters. The standard InChI is InChI=1S/C20H24N4O3/c1-2-27-14-8-6-7-13(11-14)15-12-16(25)21-18-17(15)19(26)23-20(22-18)24-9-4-3-5-10-24/h6-8,11,15H,2-5,9-10,12H2,1H3,(H2,21,22,23,25,26). The van der Waals surface area contributed by atoms with Gasteiger partial charge in [0, 0.05) is 25.4 Å². The number of piperidine rings is 1. The Hall–Kier alpha value is -2.83. The van der Waals surface area contributed by atoms with E-state index < -0.39 is 0 Å². The zero-order valence-corrected chi connectivity index (χ0v) is 15.5. The maximum absolute atomic E-state index is 12.9. The molecule has 2 aromatic rings. The third-order valence-electron chi connectivity index (χ3n) is 5.17. The number of aromatic amines is 1. The molecule has 7 nitrogen and oxygen atoms in total. The van der Waals surface area contributed by atoms with Crippen LogP contribution in [0.3, 0.4) is 0 Å². The lowest BCUT2D eigenvalue weighted by Crippen LogP contribution is -2.36. The van der Waals surface area contributed by atoms with Crippen molar-refractivity contribution in [2.45, 2.75) is 38.5 Å². The zero-order chi connectivity index (χ0) is 18.8. The number of H-pyrrole nitrogens is 1. The number of carbonyl (C=O) groups excluding carboxylic acids is 1. The summed E-state index contributed by atoms with van der Waals surface area (Å²) in [4.78, 5) is 34.8. The van der Waals surface area contributed by atoms with E-state index in [-0.39, 0.29) is 23.8 Å². The summed E-state index contributed by atoms with van der Waals surface area (Å²) >= 11 is 0. The van der Waals surface area contributed by atoms with Crippen LogP contribution in [0.25, 0.3) is 0 Å². The number of ether oxygens (including phenoxy) is 1. The molecule has 27 heavy (non-hydrogen) atoms. The van der Waals surface area contributed by atoms with E-state index in [0.29, 0.717) is 23.9 Å². The van der Waals surface area contributed by atoms with Crippen molar-refractivity contribution in [1.82, 2.24) is 9.97 Å². The maximum atomic E-state index is 12.9. The van der Waals surface area contributed by atoms with Gasteiger partial charge < -0.3 is 15.0 Å². The summed E-state index contributed by atoms with van der Waals surface area (Å²) < 4.78 is 5.57. The van der Waals surface area contributed by atoms with E-state index in [1.54, 1.807) is 0 Å². The Kier molecular flexibility index (Phi) is 4.83. The number of nitrogens with zero attached hydrogens (tertiary/aromatic N) is 2. The second kappa shape index (κ2) is 7.42. The number of rotatable bonds is 4. The van der Waals surface area contributed by atoms with E-state index in [9.17, 15) is 9.59 Å². The average molecular weight is 368 g/mol. The number of hydrogen-bond donors (Lipinski definition) is 2. The summed E-state index contributed by atoms with van der Waals surface area (Å²) in [5.41, 5.74) is 1.21. The van der Waals surface area contributed by atoms with Crippen molar-refractivity contribution < 1.29 is 9.53 Å². The van der Waals surface area contributed by atoms with E-state index in [1.807, 2.05) is 31.2 Å². The van der Waals surface area contributed by atoms with Crippen molar-refractivity contribution in [1.29, 1.82) is 0 Å². The van der Waals surface area contributed by atoms with E-state index in [1.165, 1.54) is 6.42 Å². The molecule has 2 N–H and O–H groups in total. The predicted molar refractivity (Wildman–Crippen MR) is 104 cm³/mol. The predicted octanol–water partition coefficient (Wildman–Crippen LogP) is 2.63. The van der Waals surface area contributed by atoms with Crippen LogP contribution in [0, 0.1) is 0 Å². The highest BCUT2D eigenvalue weighted by Gasteiger charge is 2.31. The first-order chi connectivity index (χ1) is 13.2. The number of fused-ring (bicyclic) bond motifs is 1. The van der Waals surface area contributed by atoms with Crippen molar-refractivity contribution in [3.05, 3.63) is 45.7 Å². The van der Waals surface area contributed by atoms with Crippen LogP contribution in [-0.2, 0) is 4.79 Å². The molecule has 1 atom stereocenters. The maximum Gasteiger partial charge on any atom is 0.258 e. The van der Waals surface area contributed by atoms with Crippen molar-refractivity contribution in [2.24, 2.45) is 0 Å². The molecule has 7 heteroatoms. The molecule has 0 saturated carbocycles. The Labute approximate surface area is 157 Å². The third-order valence-corrected chi connectivity index (χ3v) is 5.17. The molecule has 4 rings (SSSR count). The molecule has 0 aliphatic carbocycles. The number of carbonyl (C=O) groups is 1. The minimum atomic E-state index is -0.333. The Balaban J connectivity index is 1.74. The second-order valence-corrected chi connectivity index (χ2v) is 7.01. The van der Waals surface area contributed by atoms with Crippen molar-refractivity contribution >= 4 is 17.7 Å². The fraction of sp³-hybridized carbons (Fsp3) is 0.450. The molecular weight excluding hydrogens is 344 g/mol. The molecule has 142 valence electrons. The SMILES string of the molecule is CCOc1cccc(C2CC(=O)Nc3nc(N4CCCCC4)[nH]c(=O)c32)c1. The van der Waals surface area contributed by atoms with Crippen LogP contribution in [0.1, 0.15) is 49.7 Å². The van der Waals surface area contributed by atoms with Gasteiger partial charge in [-0.15, -0.1) is 0 Å². The Bertz CT molecular complexity index is 902. The van der Waals surface area contributed by atoms with Crippen LogP contribution >= 0.6 is 0 Å². The van der Waals surface area contributed by atoms with Gasteiger partial charge in [-0.3, -0.25) is 14.6 Å². The molecule has 1 saturated heterocycles. The third kappa shape index (κ3) is 3.54. The molecule has 1 fully saturated rings. The summed E-state index contributed by atoms with van der Waals surface area (Å²) in [6.07, 6.45) is 3.58. The van der Waals surface area contributed by atoms with E-state index in [4.69, 9.17) is 4.74 Å². The number of benzene rings is 1. The number of aromatic nitrogens is 2. The fourth-order valence-electron chi connectivity index (χ4n) is 3.89. The Morgan fingerprint density at radius 2 is 2.04 bits per heavy atom. The minimum Gasteiger partial charge on any atom is -0.494 e. The van der Waals surface area contributed by atoms with Gasteiger partial charge in [0.05, 0.1) is 12.2 Å². The summed E-state index contributed by atoms with van der Waals surface area (Å²) in [6, 6.07) is 7.58. The van der Waals surface area contributed by atoms with Crippen molar-refractivity contribution in [2.75, 3.05) is 29.9 Å². The monoisotopic (exact) mass is 368 g/mol. The van der Waals surface area contributed by atoms with Crippen LogP contribution in [0.5, 0.6) is 5.75 Å². The van der Waals surface area contributed by atoms with Crippen LogP contribution in [0.2, 0.25) is 0 Å². The smallest absolute Gasteiger partial charge is 0.258 e. The van der Waals surface area contributed by atoms with E-state index in [2.05, 4.69) is 20.2 Å². The molecule has 1 aromatic carbocycles. The quantitative estimate of drug-likeness (QED) is 0.866. The van der Waals surface area contributed by atoms with Crippen molar-refractivity contribution in [3.63, 3.8) is 0 Å². The van der Waals surface area contributed by atoms with Gasteiger partial charge in [-0.25, -0.2) is 0 Å². The van der Waals surface area contributed by atoms with Gasteiger partial charge in [0.1, 0.15) is 11.6 Å². The fourth-order valence-corrected chi connectivity index (χ4v) is 3.89. The highest BCUT2D eigenvalue weighted by molar-refractivity contribution is 5.94. The summed E-state index contributed by atoms with van der Waals surface area (Å²) in [5, 5.41) is 2.79. The van der Waals surface area contributed by atoms with Crippen LogP contribution in [0.15, 0.2) is 29.1 Å². The van der Waals surface area contributed by atoms with E-state index in [0.717, 1.165) is 37.2 Å². The number of amides is 1. The van der Waals surface area contributed by atoms with Crippen LogP contribution < -0.4 is 20.5 Å². The lowest BCUT2D eigenvalue weighted by Gasteiger charge is -2.29. The summed E-state index contributed by atoms with van der Waals surface area (Å²) in [7, 11) is 0. The Morgan fingerprint density at radius 3 is 2.81 bits per heavy atom. The molecule has 1 amide bonds. The molecule has 2 aliphatic rings. The normalized spacial score (nSPS) is 19.4. The van der Waals surface area contributed by atoms with E-state index >= 15 is 0 Å². The van der Waals surface area contributed by atoms with Crippen LogP contribution in [-0.4, -0.2) is 35.6 Å². The first-order valence-corrected chi connectivity index (χ1v) is 9.57. The van der Waals surface area contributed by atoms with Gasteiger partial charge in [-0.2, -0.15) is 4.98 Å². The molecule has 0 spiro atoms. The average Bonchev–Trinajstić information content (AvgIpc) is 2.68. The van der Waals surface area contributed by atoms with Gasteiger partial charge in [0.25, 0.3) is 5.56 Å². The molecule has 2 aliphatic heterocycles. The molecule has 0 radical (unpaired) electrons.